The van der Waals surface area contributed by atoms with Gasteiger partial charge in [0.2, 0.25) is 0 Å². The van der Waals surface area contributed by atoms with Gasteiger partial charge in [0.05, 0.1) is 32.2 Å². The van der Waals surface area contributed by atoms with E-state index in [1.165, 1.54) is 45.2 Å². The first kappa shape index (κ1) is 43.0. The van der Waals surface area contributed by atoms with Crippen LogP contribution >= 0.6 is 22.6 Å². The van der Waals surface area contributed by atoms with E-state index in [0.717, 1.165) is 53.0 Å². The van der Waals surface area contributed by atoms with Gasteiger partial charge in [0, 0.05) is 26.7 Å². The molecule has 0 bridgehead atoms. The lowest BCUT2D eigenvalue weighted by Crippen LogP contribution is -2.22. The van der Waals surface area contributed by atoms with Gasteiger partial charge in [0.15, 0.2) is 0 Å². The zero-order valence-electron chi connectivity index (χ0n) is 29.5. The van der Waals surface area contributed by atoms with Crippen molar-refractivity contribution in [1.29, 1.82) is 0 Å². The maximum Gasteiger partial charge on any atom is 0.448 e. The van der Waals surface area contributed by atoms with Gasteiger partial charge in [-0.1, -0.05) is 67.6 Å². The average Bonchev–Trinajstić information content (AvgIpc) is 3.83. The normalized spacial score (nSPS) is 23.8. The van der Waals surface area contributed by atoms with Gasteiger partial charge in [-0.25, -0.2) is 0 Å². The molecular formula is C37H52B3IO8. The van der Waals surface area contributed by atoms with Gasteiger partial charge in [-0.3, -0.25) is 9.59 Å². The first-order chi connectivity index (χ1) is 22.4. The van der Waals surface area contributed by atoms with Crippen LogP contribution in [0.4, 0.5) is 0 Å². The monoisotopic (exact) mass is 784 g/mol. The van der Waals surface area contributed by atoms with Crippen LogP contribution in [0.3, 0.4) is 0 Å². The standard InChI is InChI=1S/C18H23IO3.C18H24O3.CH5BO2.2B/c1-11(18(20)21-2)17(12-6-7-12)13-4-3-5-15(8-13)22-10-14-9-16(14)19;1-11-8-15(11)10-21-16-5-3-4-14(9-16)17(13-6-7-13)12(2)18(19)20;1-2(3)4;;/h3-5,8,11-12,14,16-17H,6-7,9-10H2,1-2H3;3-5,9,11-13,15,17H,6-8,10H2,1-2H3,(H,19,20);3-4H,1H3;;/t11-,14?,16-,17-;11-,12-,15?,17-;;;/m00.../s1. The second kappa shape index (κ2) is 20.0. The Morgan fingerprint density at radius 1 is 0.837 bits per heavy atom. The number of ether oxygens (including phenoxy) is 3. The maximum absolute atomic E-state index is 11.9. The quantitative estimate of drug-likeness (QED) is 0.0865. The van der Waals surface area contributed by atoms with E-state index < -0.39 is 13.1 Å². The van der Waals surface area contributed by atoms with Crippen LogP contribution in [-0.4, -0.2) is 75.3 Å². The van der Waals surface area contributed by atoms with Crippen LogP contribution in [0.2, 0.25) is 6.82 Å². The minimum Gasteiger partial charge on any atom is -0.493 e. The summed E-state index contributed by atoms with van der Waals surface area (Å²) in [5.41, 5.74) is 2.33. The highest BCUT2D eigenvalue weighted by atomic mass is 127. The molecular weight excluding hydrogens is 732 g/mol. The topological polar surface area (TPSA) is 123 Å². The molecule has 264 valence electrons. The Labute approximate surface area is 310 Å². The number of aliphatic carboxylic acids is 1. The molecule has 4 aliphatic carbocycles. The van der Waals surface area contributed by atoms with E-state index in [-0.39, 0.29) is 46.5 Å². The molecule has 2 aromatic rings. The molecule has 12 heteroatoms. The number of esters is 1. The van der Waals surface area contributed by atoms with Crippen molar-refractivity contribution >= 4 is 58.5 Å². The average molecular weight is 784 g/mol. The van der Waals surface area contributed by atoms with Crippen LogP contribution < -0.4 is 9.47 Å². The largest absolute Gasteiger partial charge is 0.493 e. The Balaban J connectivity index is 0.000000296. The highest BCUT2D eigenvalue weighted by Gasteiger charge is 2.40. The van der Waals surface area contributed by atoms with Gasteiger partial charge < -0.3 is 29.4 Å². The van der Waals surface area contributed by atoms with Crippen molar-refractivity contribution in [3.63, 3.8) is 0 Å². The zero-order valence-corrected chi connectivity index (χ0v) is 31.7. The van der Waals surface area contributed by atoms with Crippen molar-refractivity contribution in [2.24, 2.45) is 41.4 Å². The van der Waals surface area contributed by atoms with Gasteiger partial charge >= 0.3 is 19.1 Å². The molecule has 0 heterocycles. The number of carbonyl (C=O) groups is 2. The van der Waals surface area contributed by atoms with E-state index >= 15 is 0 Å². The predicted octanol–water partition coefficient (Wildman–Crippen LogP) is 6.45. The number of carboxylic acids is 1. The van der Waals surface area contributed by atoms with Crippen molar-refractivity contribution in [2.45, 2.75) is 81.9 Å². The van der Waals surface area contributed by atoms with Crippen LogP contribution in [0.5, 0.6) is 11.5 Å². The molecule has 0 amide bonds. The number of carboxylic acid groups (broad SMARTS) is 1. The van der Waals surface area contributed by atoms with Crippen molar-refractivity contribution in [3.8, 4) is 11.5 Å². The summed E-state index contributed by atoms with van der Waals surface area (Å²) in [6.45, 7) is 8.92. The van der Waals surface area contributed by atoms with Crippen molar-refractivity contribution in [3.05, 3.63) is 59.7 Å². The van der Waals surface area contributed by atoms with E-state index in [4.69, 9.17) is 24.3 Å². The Kier molecular flexibility index (Phi) is 17.6. The Morgan fingerprint density at radius 2 is 1.24 bits per heavy atom. The first-order valence-electron chi connectivity index (χ1n) is 17.2. The molecule has 8 atom stereocenters. The minimum atomic E-state index is -1.17. The summed E-state index contributed by atoms with van der Waals surface area (Å²) in [5, 5.41) is 24.6. The SMILES string of the molecule is CB(O)O.COC(=O)[C@@H](C)[C@H](c1cccc(OCC2C[C@@H]2I)c1)C1CC1.C[C@H](C(=O)O)[C@H](c1cccc(OCC2C[C@@H]2C)c1)C1CC1.[B].[B]. The minimum absolute atomic E-state index is 0. The second-order valence-corrected chi connectivity index (χ2v) is 15.6. The summed E-state index contributed by atoms with van der Waals surface area (Å²) in [5.74, 6) is 4.24. The van der Waals surface area contributed by atoms with E-state index in [1.807, 2.05) is 38.1 Å². The van der Waals surface area contributed by atoms with Gasteiger partial charge in [0.1, 0.15) is 11.5 Å². The van der Waals surface area contributed by atoms with E-state index in [1.54, 1.807) is 0 Å². The van der Waals surface area contributed by atoms with Crippen LogP contribution in [0, 0.1) is 41.4 Å². The summed E-state index contributed by atoms with van der Waals surface area (Å²) >= 11 is 2.48. The van der Waals surface area contributed by atoms with Crippen LogP contribution in [0.1, 0.15) is 82.3 Å². The van der Waals surface area contributed by atoms with Gasteiger partial charge in [-0.05, 0) is 116 Å². The molecule has 2 aromatic carbocycles. The zero-order chi connectivity index (χ0) is 34.2. The number of halogens is 1. The second-order valence-electron chi connectivity index (χ2n) is 14.0. The molecule has 0 aliphatic heterocycles. The number of benzene rings is 2. The maximum atomic E-state index is 11.9. The summed E-state index contributed by atoms with van der Waals surface area (Å²) < 4.78 is 17.5. The summed E-state index contributed by atoms with van der Waals surface area (Å²) in [6.07, 6.45) is 7.23. The highest BCUT2D eigenvalue weighted by molar-refractivity contribution is 14.1. The third kappa shape index (κ3) is 13.8. The van der Waals surface area contributed by atoms with Gasteiger partial charge in [-0.2, -0.15) is 0 Å². The number of rotatable bonds is 14. The smallest absolute Gasteiger partial charge is 0.448 e. The van der Waals surface area contributed by atoms with Crippen LogP contribution in [-0.2, 0) is 14.3 Å². The fraction of sp³-hybridized carbons (Fsp3) is 0.622. The molecule has 4 aliphatic rings. The molecule has 49 heavy (non-hydrogen) atoms. The van der Waals surface area contributed by atoms with Gasteiger partial charge in [0.25, 0.3) is 0 Å². The number of carbonyl (C=O) groups excluding carboxylic acids is 1. The van der Waals surface area contributed by atoms with Crippen molar-refractivity contribution < 1.29 is 39.0 Å². The van der Waals surface area contributed by atoms with Crippen LogP contribution in [0.25, 0.3) is 0 Å². The number of hydrogen-bond donors (Lipinski definition) is 3. The summed E-state index contributed by atoms with van der Waals surface area (Å²) in [7, 11) is 0.304. The lowest BCUT2D eigenvalue weighted by Gasteiger charge is -2.23. The van der Waals surface area contributed by atoms with Crippen molar-refractivity contribution in [2.75, 3.05) is 20.3 Å². The molecule has 2 unspecified atom stereocenters. The van der Waals surface area contributed by atoms with E-state index in [0.29, 0.717) is 23.7 Å². The molecule has 0 aromatic heterocycles. The molecule has 6 rings (SSSR count). The van der Waals surface area contributed by atoms with Crippen molar-refractivity contribution in [1.82, 2.24) is 0 Å². The van der Waals surface area contributed by atoms with E-state index in [2.05, 4.69) is 53.8 Å². The summed E-state index contributed by atoms with van der Waals surface area (Å²) in [4.78, 5) is 23.3. The molecule has 0 saturated heterocycles. The molecule has 8 nitrogen and oxygen atoms in total. The molecule has 4 fully saturated rings. The Morgan fingerprint density at radius 3 is 1.59 bits per heavy atom. The predicted molar refractivity (Wildman–Crippen MR) is 204 cm³/mol. The number of alkyl halides is 1. The first-order valence-corrected chi connectivity index (χ1v) is 18.4. The summed E-state index contributed by atoms with van der Waals surface area (Å²) in [6, 6.07) is 16.4. The highest BCUT2D eigenvalue weighted by Crippen LogP contribution is 2.48. The fourth-order valence-corrected chi connectivity index (χ4v) is 7.24. The lowest BCUT2D eigenvalue weighted by atomic mass is 9.83. The van der Waals surface area contributed by atoms with E-state index in [9.17, 15) is 14.7 Å². The molecule has 3 N–H and O–H groups in total. The third-order valence-electron chi connectivity index (χ3n) is 9.83. The molecule has 6 radical (unpaired) electrons. The van der Waals surface area contributed by atoms with Gasteiger partial charge in [-0.15, -0.1) is 0 Å². The molecule has 4 saturated carbocycles. The number of methoxy groups -OCH3 is 1. The molecule has 0 spiro atoms. The third-order valence-corrected chi connectivity index (χ3v) is 11.4. The lowest BCUT2D eigenvalue weighted by molar-refractivity contribution is -0.146. The Hall–Kier alpha value is -2.18. The number of hydrogen-bond acceptors (Lipinski definition) is 7. The Bertz CT molecular complexity index is 1320. The fourth-order valence-electron chi connectivity index (χ4n) is 6.38. The van der Waals surface area contributed by atoms with Crippen LogP contribution in [0.15, 0.2) is 48.5 Å².